The van der Waals surface area contributed by atoms with Crippen LogP contribution in [0.5, 0.6) is 0 Å². The molecule has 4 rings (SSSR count). The molecular weight excluding hydrogens is 400 g/mol. The molecule has 0 atom stereocenters. The first-order valence-corrected chi connectivity index (χ1v) is 10.6. The van der Waals surface area contributed by atoms with Crippen LogP contribution in [0.1, 0.15) is 54.4 Å². The number of halogens is 1. The highest BCUT2D eigenvalue weighted by Gasteiger charge is 2.22. The highest BCUT2D eigenvalue weighted by atomic mass is 35.5. The van der Waals surface area contributed by atoms with Crippen molar-refractivity contribution < 1.29 is 9.32 Å². The lowest BCUT2D eigenvalue weighted by molar-refractivity contribution is 0.0793. The Morgan fingerprint density at radius 3 is 2.60 bits per heavy atom. The molecule has 1 aliphatic heterocycles. The van der Waals surface area contributed by atoms with E-state index < -0.39 is 0 Å². The number of hydrogen-bond acceptors (Lipinski definition) is 5. The van der Waals surface area contributed by atoms with Crippen LogP contribution < -0.4 is 5.32 Å². The maximum atomic E-state index is 12.9. The molecule has 2 heterocycles. The molecule has 0 spiro atoms. The van der Waals surface area contributed by atoms with Crippen molar-refractivity contribution in [2.45, 2.75) is 39.2 Å². The summed E-state index contributed by atoms with van der Waals surface area (Å²) in [6.07, 6.45) is 2.08. The Labute approximate surface area is 181 Å². The van der Waals surface area contributed by atoms with Gasteiger partial charge in [0.15, 0.2) is 0 Å². The first-order chi connectivity index (χ1) is 14.5. The molecule has 1 saturated heterocycles. The molecule has 7 heteroatoms. The van der Waals surface area contributed by atoms with Gasteiger partial charge in [0, 0.05) is 29.4 Å². The summed E-state index contributed by atoms with van der Waals surface area (Å²) in [5.74, 6) is 1.47. The molecule has 0 saturated carbocycles. The number of likely N-dealkylation sites (tertiary alicyclic amines) is 1. The third-order valence-electron chi connectivity index (χ3n) is 5.34. The van der Waals surface area contributed by atoms with E-state index in [2.05, 4.69) is 41.4 Å². The third kappa shape index (κ3) is 4.49. The summed E-state index contributed by atoms with van der Waals surface area (Å²) in [5.41, 5.74) is 3.44. The smallest absolute Gasteiger partial charge is 0.256 e. The second kappa shape index (κ2) is 8.88. The summed E-state index contributed by atoms with van der Waals surface area (Å²) in [7, 11) is 0. The fraction of sp³-hybridized carbons (Fsp3) is 0.348. The molecular formula is C23H25ClN4O2. The van der Waals surface area contributed by atoms with Gasteiger partial charge in [-0.05, 0) is 42.5 Å². The second-order valence-corrected chi connectivity index (χ2v) is 8.27. The zero-order valence-corrected chi connectivity index (χ0v) is 17.9. The minimum absolute atomic E-state index is 0.00559. The summed E-state index contributed by atoms with van der Waals surface area (Å²) in [5, 5.41) is 7.87. The summed E-state index contributed by atoms with van der Waals surface area (Å²) in [4.78, 5) is 19.2. The van der Waals surface area contributed by atoms with Gasteiger partial charge >= 0.3 is 0 Å². The largest absolute Gasteiger partial charge is 0.375 e. The van der Waals surface area contributed by atoms with Gasteiger partial charge in [0.2, 0.25) is 11.7 Å². The first kappa shape index (κ1) is 20.4. The number of amides is 1. The Balaban J connectivity index is 1.47. The number of hydrogen-bond donors (Lipinski definition) is 1. The molecule has 156 valence electrons. The number of benzene rings is 2. The maximum absolute atomic E-state index is 12.9. The number of nitrogens with zero attached hydrogens (tertiary/aromatic N) is 3. The van der Waals surface area contributed by atoms with Crippen LogP contribution in [0, 0.1) is 0 Å². The van der Waals surface area contributed by atoms with Crippen molar-refractivity contribution >= 4 is 23.2 Å². The van der Waals surface area contributed by atoms with E-state index in [1.165, 1.54) is 5.56 Å². The van der Waals surface area contributed by atoms with Crippen molar-refractivity contribution in [2.24, 2.45) is 0 Å². The molecule has 1 aliphatic rings. The van der Waals surface area contributed by atoms with Crippen molar-refractivity contribution in [1.82, 2.24) is 15.0 Å². The van der Waals surface area contributed by atoms with E-state index in [0.29, 0.717) is 40.5 Å². The minimum Gasteiger partial charge on any atom is -0.375 e. The lowest BCUT2D eigenvalue weighted by atomic mass is 10.0. The van der Waals surface area contributed by atoms with E-state index in [1.54, 1.807) is 12.1 Å². The van der Waals surface area contributed by atoms with Crippen LogP contribution >= 0.6 is 11.6 Å². The molecule has 1 N–H and O–H groups in total. The van der Waals surface area contributed by atoms with Crippen LogP contribution in [0.3, 0.4) is 0 Å². The van der Waals surface area contributed by atoms with Crippen LogP contribution in [0.15, 0.2) is 47.0 Å². The highest BCUT2D eigenvalue weighted by molar-refractivity contribution is 6.31. The van der Waals surface area contributed by atoms with Crippen molar-refractivity contribution in [3.05, 3.63) is 64.5 Å². The van der Waals surface area contributed by atoms with Gasteiger partial charge in [-0.15, -0.1) is 0 Å². The highest BCUT2D eigenvalue weighted by Crippen LogP contribution is 2.25. The summed E-state index contributed by atoms with van der Waals surface area (Å²) < 4.78 is 5.40. The lowest BCUT2D eigenvalue weighted by Gasteiger charge is -2.18. The first-order valence-electron chi connectivity index (χ1n) is 10.3. The number of aromatic nitrogens is 2. The monoisotopic (exact) mass is 424 g/mol. The number of anilines is 1. The van der Waals surface area contributed by atoms with Crippen LogP contribution in [-0.2, 0) is 6.54 Å². The summed E-state index contributed by atoms with van der Waals surface area (Å²) in [6.45, 7) is 6.21. The van der Waals surface area contributed by atoms with Crippen LogP contribution in [0.25, 0.3) is 11.4 Å². The van der Waals surface area contributed by atoms with E-state index in [4.69, 9.17) is 16.1 Å². The van der Waals surface area contributed by atoms with E-state index >= 15 is 0 Å². The molecule has 2 aromatic carbocycles. The third-order valence-corrected chi connectivity index (χ3v) is 5.57. The van der Waals surface area contributed by atoms with Gasteiger partial charge in [0.25, 0.3) is 5.91 Å². The Hall–Kier alpha value is -2.86. The summed E-state index contributed by atoms with van der Waals surface area (Å²) >= 11 is 6.15. The molecule has 0 radical (unpaired) electrons. The Bertz CT molecular complexity index is 1020. The molecule has 1 aromatic heterocycles. The van der Waals surface area contributed by atoms with Gasteiger partial charge in [-0.3, -0.25) is 4.79 Å². The second-order valence-electron chi connectivity index (χ2n) is 7.83. The van der Waals surface area contributed by atoms with Crippen molar-refractivity contribution in [3.63, 3.8) is 0 Å². The molecule has 1 amide bonds. The number of rotatable bonds is 6. The average molecular weight is 425 g/mol. The summed E-state index contributed by atoms with van der Waals surface area (Å²) in [6, 6.07) is 13.5. The molecule has 6 nitrogen and oxygen atoms in total. The molecule has 0 aliphatic carbocycles. The molecule has 3 aromatic rings. The van der Waals surface area contributed by atoms with E-state index in [-0.39, 0.29) is 5.91 Å². The predicted molar refractivity (Wildman–Crippen MR) is 118 cm³/mol. The lowest BCUT2D eigenvalue weighted by Crippen LogP contribution is -2.28. The van der Waals surface area contributed by atoms with Gasteiger partial charge in [0.05, 0.1) is 12.1 Å². The molecule has 30 heavy (non-hydrogen) atoms. The molecule has 0 unspecified atom stereocenters. The van der Waals surface area contributed by atoms with Crippen LogP contribution in [-0.4, -0.2) is 34.0 Å². The average Bonchev–Trinajstić information content (AvgIpc) is 3.45. The van der Waals surface area contributed by atoms with E-state index in [1.807, 2.05) is 23.1 Å². The fourth-order valence-electron chi connectivity index (χ4n) is 3.57. The topological polar surface area (TPSA) is 71.3 Å². The minimum atomic E-state index is -0.00559. The molecule has 1 fully saturated rings. The Morgan fingerprint density at radius 1 is 1.17 bits per heavy atom. The van der Waals surface area contributed by atoms with Crippen LogP contribution in [0.2, 0.25) is 5.02 Å². The van der Waals surface area contributed by atoms with Gasteiger partial charge in [-0.2, -0.15) is 4.98 Å². The fourth-order valence-corrected chi connectivity index (χ4v) is 3.74. The SMILES string of the molecule is CC(C)c1ccc(-c2noc(CNc3ccc(Cl)cc3C(=O)N3CCCC3)n2)cc1. The Morgan fingerprint density at radius 2 is 1.90 bits per heavy atom. The Kier molecular flexibility index (Phi) is 6.04. The predicted octanol–water partition coefficient (Wildman–Crippen LogP) is 5.36. The standard InChI is InChI=1S/C23H25ClN4O2/c1-15(2)16-5-7-17(8-6-16)22-26-21(30-27-22)14-25-20-10-9-18(24)13-19(20)23(29)28-11-3-4-12-28/h5-10,13,15,25H,3-4,11-12,14H2,1-2H3. The maximum Gasteiger partial charge on any atom is 0.256 e. The van der Waals surface area contributed by atoms with E-state index in [9.17, 15) is 4.79 Å². The number of carbonyl (C=O) groups excluding carboxylic acids is 1. The van der Waals surface area contributed by atoms with Gasteiger partial charge < -0.3 is 14.7 Å². The number of nitrogens with one attached hydrogen (secondary N) is 1. The number of carbonyl (C=O) groups is 1. The van der Waals surface area contributed by atoms with E-state index in [0.717, 1.165) is 31.5 Å². The molecule has 0 bridgehead atoms. The van der Waals surface area contributed by atoms with Gasteiger partial charge in [-0.1, -0.05) is 54.9 Å². The van der Waals surface area contributed by atoms with Crippen molar-refractivity contribution in [1.29, 1.82) is 0 Å². The van der Waals surface area contributed by atoms with Crippen LogP contribution in [0.4, 0.5) is 5.69 Å². The van der Waals surface area contributed by atoms with Crippen molar-refractivity contribution in [2.75, 3.05) is 18.4 Å². The van der Waals surface area contributed by atoms with Crippen molar-refractivity contribution in [3.8, 4) is 11.4 Å². The van der Waals surface area contributed by atoms with Gasteiger partial charge in [-0.25, -0.2) is 0 Å². The normalized spacial score (nSPS) is 13.8. The zero-order chi connectivity index (χ0) is 21.1. The zero-order valence-electron chi connectivity index (χ0n) is 17.2. The quantitative estimate of drug-likeness (QED) is 0.576. The van der Waals surface area contributed by atoms with Gasteiger partial charge in [0.1, 0.15) is 0 Å².